The van der Waals surface area contributed by atoms with Crippen molar-refractivity contribution in [3.05, 3.63) is 28.8 Å². The highest BCUT2D eigenvalue weighted by Gasteiger charge is 2.22. The lowest BCUT2D eigenvalue weighted by molar-refractivity contribution is 0.0897. The minimum atomic E-state index is -0.530. The van der Waals surface area contributed by atoms with Crippen LogP contribution in [0.2, 0.25) is 5.02 Å². The zero-order valence-corrected chi connectivity index (χ0v) is 10.6. The van der Waals surface area contributed by atoms with Gasteiger partial charge in [0.1, 0.15) is 5.75 Å². The molecule has 5 heteroatoms. The maximum Gasteiger partial charge on any atom is 0.255 e. The number of rotatable bonds is 4. The van der Waals surface area contributed by atoms with Crippen LogP contribution in [0.3, 0.4) is 0 Å². The Morgan fingerprint density at radius 2 is 2.12 bits per heavy atom. The average molecular weight is 258 g/mol. The van der Waals surface area contributed by atoms with Crippen molar-refractivity contribution in [2.75, 3.05) is 6.61 Å². The summed E-state index contributed by atoms with van der Waals surface area (Å²) in [7, 11) is 0. The topological polar surface area (TPSA) is 69.6 Å². The van der Waals surface area contributed by atoms with Crippen LogP contribution in [0, 0.1) is 0 Å². The van der Waals surface area contributed by atoms with E-state index in [0.717, 1.165) is 0 Å². The van der Waals surface area contributed by atoms with E-state index >= 15 is 0 Å². The molecule has 94 valence electrons. The van der Waals surface area contributed by atoms with Gasteiger partial charge >= 0.3 is 0 Å². The molecule has 0 radical (unpaired) electrons. The predicted octanol–water partition coefficient (Wildman–Crippen LogP) is 1.94. The van der Waals surface area contributed by atoms with Crippen molar-refractivity contribution in [3.63, 3.8) is 0 Å². The van der Waals surface area contributed by atoms with Crippen molar-refractivity contribution < 1.29 is 15.0 Å². The normalized spacial score (nSPS) is 11.3. The van der Waals surface area contributed by atoms with Gasteiger partial charge < -0.3 is 15.5 Å². The molecule has 17 heavy (non-hydrogen) atoms. The Bertz CT molecular complexity index is 418. The summed E-state index contributed by atoms with van der Waals surface area (Å²) in [6.07, 6.45) is 0.438. The number of hydrogen-bond donors (Lipinski definition) is 3. The first-order valence-electron chi connectivity index (χ1n) is 5.27. The first-order valence-corrected chi connectivity index (χ1v) is 5.65. The maximum absolute atomic E-state index is 11.9. The largest absolute Gasteiger partial charge is 0.507 e. The molecule has 1 rings (SSSR count). The summed E-state index contributed by atoms with van der Waals surface area (Å²) < 4.78 is 0. The molecule has 1 aromatic rings. The second-order valence-corrected chi connectivity index (χ2v) is 4.91. The molecule has 0 heterocycles. The van der Waals surface area contributed by atoms with E-state index in [-0.39, 0.29) is 17.9 Å². The lowest BCUT2D eigenvalue weighted by atomic mass is 10.0. The van der Waals surface area contributed by atoms with Gasteiger partial charge in [0.05, 0.1) is 5.56 Å². The Morgan fingerprint density at radius 1 is 1.47 bits per heavy atom. The van der Waals surface area contributed by atoms with Crippen molar-refractivity contribution in [1.29, 1.82) is 0 Å². The number of benzene rings is 1. The monoisotopic (exact) mass is 257 g/mol. The summed E-state index contributed by atoms with van der Waals surface area (Å²) in [4.78, 5) is 11.9. The number of carbonyl (C=O) groups is 1. The number of halogens is 1. The van der Waals surface area contributed by atoms with Gasteiger partial charge in [-0.15, -0.1) is 0 Å². The van der Waals surface area contributed by atoms with Gasteiger partial charge in [0, 0.05) is 17.2 Å². The third-order valence-corrected chi connectivity index (χ3v) is 2.63. The molecule has 1 amide bonds. The number of phenolic OH excluding ortho intramolecular Hbond substituents is 1. The first-order chi connectivity index (χ1) is 7.85. The molecule has 1 aromatic carbocycles. The van der Waals surface area contributed by atoms with Gasteiger partial charge in [0.2, 0.25) is 0 Å². The van der Waals surface area contributed by atoms with Gasteiger partial charge in [-0.1, -0.05) is 11.6 Å². The van der Waals surface area contributed by atoms with Crippen LogP contribution in [0.5, 0.6) is 5.75 Å². The first kappa shape index (κ1) is 13.8. The lowest BCUT2D eigenvalue weighted by Crippen LogP contribution is -2.44. The third kappa shape index (κ3) is 3.91. The third-order valence-electron chi connectivity index (χ3n) is 2.39. The minimum absolute atomic E-state index is 0.0140. The van der Waals surface area contributed by atoms with E-state index in [9.17, 15) is 9.90 Å². The van der Waals surface area contributed by atoms with Crippen LogP contribution < -0.4 is 5.32 Å². The highest BCUT2D eigenvalue weighted by atomic mass is 35.5. The zero-order chi connectivity index (χ0) is 13.1. The Hall–Kier alpha value is -1.26. The van der Waals surface area contributed by atoms with Crippen LogP contribution in [0.15, 0.2) is 18.2 Å². The molecule has 0 aliphatic heterocycles. The van der Waals surface area contributed by atoms with Crippen LogP contribution in [0.1, 0.15) is 30.6 Å². The highest BCUT2D eigenvalue weighted by molar-refractivity contribution is 6.30. The number of aromatic hydroxyl groups is 1. The summed E-state index contributed by atoms with van der Waals surface area (Å²) in [5.74, 6) is -0.549. The van der Waals surface area contributed by atoms with E-state index in [1.807, 2.05) is 0 Å². The number of nitrogens with one attached hydrogen (secondary N) is 1. The van der Waals surface area contributed by atoms with Crippen LogP contribution >= 0.6 is 11.6 Å². The quantitative estimate of drug-likeness (QED) is 0.772. The molecule has 0 aliphatic rings. The Morgan fingerprint density at radius 3 is 2.65 bits per heavy atom. The second kappa shape index (κ2) is 5.38. The number of carbonyl (C=O) groups excluding carboxylic acids is 1. The Kier molecular flexibility index (Phi) is 4.37. The summed E-state index contributed by atoms with van der Waals surface area (Å²) in [6.45, 7) is 3.59. The molecular weight excluding hydrogens is 242 g/mol. The minimum Gasteiger partial charge on any atom is -0.507 e. The molecule has 0 aliphatic carbocycles. The van der Waals surface area contributed by atoms with Crippen LogP contribution in [-0.4, -0.2) is 28.3 Å². The van der Waals surface area contributed by atoms with E-state index in [0.29, 0.717) is 11.4 Å². The van der Waals surface area contributed by atoms with Crippen molar-refractivity contribution in [3.8, 4) is 5.75 Å². The molecule has 0 saturated carbocycles. The van der Waals surface area contributed by atoms with Gasteiger partial charge in [0.25, 0.3) is 5.91 Å². The van der Waals surface area contributed by atoms with Gasteiger partial charge in [-0.25, -0.2) is 0 Å². The summed E-state index contributed by atoms with van der Waals surface area (Å²) in [5.41, 5.74) is -0.363. The predicted molar refractivity (Wildman–Crippen MR) is 66.4 cm³/mol. The van der Waals surface area contributed by atoms with Crippen molar-refractivity contribution in [2.45, 2.75) is 25.8 Å². The fourth-order valence-electron chi connectivity index (χ4n) is 1.41. The maximum atomic E-state index is 11.9. The standard InChI is InChI=1S/C12H16ClNO3/c1-12(2,5-6-15)14-11(17)9-4-3-8(13)7-10(9)16/h3-4,7,15-16H,5-6H2,1-2H3,(H,14,17). The molecule has 0 fully saturated rings. The average Bonchev–Trinajstić information content (AvgIpc) is 2.15. The number of hydrogen-bond acceptors (Lipinski definition) is 3. The number of aliphatic hydroxyl groups is 1. The Balaban J connectivity index is 2.83. The van der Waals surface area contributed by atoms with E-state index in [2.05, 4.69) is 5.32 Å². The lowest BCUT2D eigenvalue weighted by Gasteiger charge is -2.25. The van der Waals surface area contributed by atoms with Gasteiger partial charge in [-0.05, 0) is 38.5 Å². The highest BCUT2D eigenvalue weighted by Crippen LogP contribution is 2.22. The number of phenols is 1. The summed E-state index contributed by atoms with van der Waals surface area (Å²) in [6, 6.07) is 4.31. The number of aliphatic hydroxyl groups excluding tert-OH is 1. The van der Waals surface area contributed by atoms with E-state index in [1.165, 1.54) is 18.2 Å². The smallest absolute Gasteiger partial charge is 0.255 e. The second-order valence-electron chi connectivity index (χ2n) is 4.47. The molecular formula is C12H16ClNO3. The Labute approximate surface area is 105 Å². The fourth-order valence-corrected chi connectivity index (χ4v) is 1.58. The van der Waals surface area contributed by atoms with E-state index in [4.69, 9.17) is 16.7 Å². The molecule has 0 aromatic heterocycles. The molecule has 0 saturated heterocycles. The SMILES string of the molecule is CC(C)(CCO)NC(=O)c1ccc(Cl)cc1O. The van der Waals surface area contributed by atoms with Crippen molar-refractivity contribution in [2.24, 2.45) is 0 Å². The van der Waals surface area contributed by atoms with Crippen LogP contribution in [-0.2, 0) is 0 Å². The van der Waals surface area contributed by atoms with Crippen molar-refractivity contribution in [1.82, 2.24) is 5.32 Å². The summed E-state index contributed by atoms with van der Waals surface area (Å²) >= 11 is 5.68. The molecule has 0 atom stereocenters. The van der Waals surface area contributed by atoms with Gasteiger partial charge in [0.15, 0.2) is 0 Å². The molecule has 0 bridgehead atoms. The van der Waals surface area contributed by atoms with Crippen LogP contribution in [0.25, 0.3) is 0 Å². The van der Waals surface area contributed by atoms with Gasteiger partial charge in [-0.2, -0.15) is 0 Å². The van der Waals surface area contributed by atoms with Crippen LogP contribution in [0.4, 0.5) is 0 Å². The van der Waals surface area contributed by atoms with Crippen molar-refractivity contribution >= 4 is 17.5 Å². The molecule has 0 unspecified atom stereocenters. The fraction of sp³-hybridized carbons (Fsp3) is 0.417. The molecule has 4 nitrogen and oxygen atoms in total. The summed E-state index contributed by atoms with van der Waals surface area (Å²) in [5, 5.41) is 21.6. The number of amides is 1. The molecule has 0 spiro atoms. The molecule has 3 N–H and O–H groups in total. The van der Waals surface area contributed by atoms with Gasteiger partial charge in [-0.3, -0.25) is 4.79 Å². The van der Waals surface area contributed by atoms with E-state index < -0.39 is 11.4 Å². The zero-order valence-electron chi connectivity index (χ0n) is 9.83. The van der Waals surface area contributed by atoms with E-state index in [1.54, 1.807) is 13.8 Å².